The monoisotopic (exact) mass is 950 g/mol. The number of aromatic nitrogens is 2. The van der Waals surface area contributed by atoms with Gasteiger partial charge in [-0.2, -0.15) is 0 Å². The van der Waals surface area contributed by atoms with E-state index in [9.17, 15) is 23.3 Å². The maximum absolute atomic E-state index is 14.1. The highest BCUT2D eigenvalue weighted by Gasteiger charge is 2.37. The molecule has 17 heteroatoms. The summed E-state index contributed by atoms with van der Waals surface area (Å²) in [5, 5.41) is 17.2. The van der Waals surface area contributed by atoms with Crippen LogP contribution in [-0.4, -0.2) is 109 Å². The van der Waals surface area contributed by atoms with Crippen molar-refractivity contribution in [3.05, 3.63) is 117 Å². The van der Waals surface area contributed by atoms with Gasteiger partial charge in [-0.25, -0.2) is 18.1 Å². The summed E-state index contributed by atoms with van der Waals surface area (Å²) in [5.74, 6) is -0.464. The fraction of sp³-hybridized carbons (Fsp3) is 0.440. The minimum atomic E-state index is -4.58. The molecule has 1 aliphatic carbocycles. The number of carbonyl (C=O) groups is 1. The fourth-order valence-corrected chi connectivity index (χ4v) is 11.2. The Balaban J connectivity index is 0.909. The van der Waals surface area contributed by atoms with Crippen LogP contribution in [0.1, 0.15) is 82.1 Å². The minimum absolute atomic E-state index is 0.0338. The number of sulfonamides is 1. The Hall–Kier alpha value is -5.52. The lowest BCUT2D eigenvalue weighted by Crippen LogP contribution is -2.47. The van der Waals surface area contributed by atoms with Gasteiger partial charge in [0.25, 0.3) is 21.6 Å². The lowest BCUT2D eigenvalue weighted by Gasteiger charge is -2.39. The van der Waals surface area contributed by atoms with Crippen molar-refractivity contribution >= 4 is 61.2 Å². The van der Waals surface area contributed by atoms with Crippen LogP contribution in [0, 0.1) is 15.5 Å². The number of carbonyl (C=O) groups excluding carboxylic acids is 1. The molecule has 0 radical (unpaired) electrons. The molecule has 67 heavy (non-hydrogen) atoms. The molecule has 0 saturated carbocycles. The maximum Gasteiger partial charge on any atom is 0.293 e. The Bertz CT molecular complexity index is 2800. The number of allylic oxidation sites excluding steroid dienone is 1. The molecule has 0 spiro atoms. The number of H-pyrrole nitrogens is 1. The number of nitro groups is 1. The summed E-state index contributed by atoms with van der Waals surface area (Å²) in [6.45, 7) is 15.1. The van der Waals surface area contributed by atoms with Crippen molar-refractivity contribution in [1.82, 2.24) is 24.5 Å². The van der Waals surface area contributed by atoms with Crippen molar-refractivity contribution in [2.75, 3.05) is 62.6 Å². The number of piperazine rings is 1. The second-order valence-electron chi connectivity index (χ2n) is 19.8. The number of ether oxygens (including phenoxy) is 2. The molecule has 354 valence electrons. The molecular weight excluding hydrogens is 892 g/mol. The highest BCUT2D eigenvalue weighted by molar-refractivity contribution is 7.90. The summed E-state index contributed by atoms with van der Waals surface area (Å²) in [6, 6.07) is 20.9. The summed E-state index contributed by atoms with van der Waals surface area (Å²) in [7, 11) is -4.58. The maximum atomic E-state index is 14.1. The van der Waals surface area contributed by atoms with E-state index in [1.54, 1.807) is 30.5 Å². The third-order valence-corrected chi connectivity index (χ3v) is 15.4. The molecule has 3 aromatic carbocycles. The van der Waals surface area contributed by atoms with Crippen LogP contribution >= 0.6 is 11.6 Å². The molecular formula is C50H59ClN8O7S. The first-order valence-corrected chi connectivity index (χ1v) is 25.0. The Morgan fingerprint density at radius 3 is 2.55 bits per heavy atom. The third-order valence-electron chi connectivity index (χ3n) is 13.8. The number of pyridine rings is 1. The van der Waals surface area contributed by atoms with Crippen LogP contribution in [0.4, 0.5) is 17.1 Å². The number of likely N-dealkylation sites (tertiary alicyclic amines) is 1. The molecule has 3 aliphatic heterocycles. The van der Waals surface area contributed by atoms with Crippen LogP contribution < -0.4 is 19.7 Å². The van der Waals surface area contributed by atoms with Crippen LogP contribution in [0.5, 0.6) is 11.5 Å². The van der Waals surface area contributed by atoms with E-state index in [0.29, 0.717) is 30.6 Å². The van der Waals surface area contributed by atoms with Crippen LogP contribution in [0.3, 0.4) is 0 Å². The normalized spacial score (nSPS) is 21.4. The zero-order chi connectivity index (χ0) is 47.1. The quantitative estimate of drug-likeness (QED) is 0.0755. The SMILES string of the molecule is CC1(C)CCC(CN2CCN(c3ccc(C(=O)NS(=O)(=O)c4ccc(NC5CCN(C6CCOC(C)(C)C6)C5)c([N+](=O)[O-])c4)c(Oc4cnc5[nH]ccc5c4)c3)CC2)=C(c2ccc(Cl)cc2)C1. The van der Waals surface area contributed by atoms with E-state index in [0.717, 1.165) is 100.0 Å². The minimum Gasteiger partial charge on any atom is -0.455 e. The molecule has 2 atom stereocenters. The molecule has 2 aromatic heterocycles. The molecule has 5 heterocycles. The number of rotatable bonds is 13. The zero-order valence-electron chi connectivity index (χ0n) is 38.5. The Kier molecular flexibility index (Phi) is 13.1. The molecule has 3 N–H and O–H groups in total. The molecule has 3 fully saturated rings. The lowest BCUT2D eigenvalue weighted by molar-refractivity contribution is -0.384. The predicted octanol–water partition coefficient (Wildman–Crippen LogP) is 9.27. The third kappa shape index (κ3) is 10.8. The number of amides is 1. The van der Waals surface area contributed by atoms with Gasteiger partial charge in [0, 0.05) is 98.9 Å². The van der Waals surface area contributed by atoms with Crippen molar-refractivity contribution in [2.45, 2.75) is 88.8 Å². The number of halogens is 1. The van der Waals surface area contributed by atoms with Crippen molar-refractivity contribution in [3.63, 3.8) is 0 Å². The van der Waals surface area contributed by atoms with E-state index in [4.69, 9.17) is 21.1 Å². The van der Waals surface area contributed by atoms with Gasteiger partial charge in [-0.05, 0) is 117 Å². The number of aromatic amines is 1. The lowest BCUT2D eigenvalue weighted by atomic mass is 9.72. The number of fused-ring (bicyclic) bond motifs is 1. The van der Waals surface area contributed by atoms with Gasteiger partial charge in [-0.1, -0.05) is 43.2 Å². The molecule has 3 saturated heterocycles. The number of hydrogen-bond acceptors (Lipinski definition) is 12. The Morgan fingerprint density at radius 2 is 1.79 bits per heavy atom. The average Bonchev–Trinajstić information content (AvgIpc) is 3.97. The number of anilines is 2. The van der Waals surface area contributed by atoms with Crippen LogP contribution in [0.2, 0.25) is 5.02 Å². The van der Waals surface area contributed by atoms with Gasteiger partial charge in [0.2, 0.25) is 0 Å². The smallest absolute Gasteiger partial charge is 0.293 e. The summed E-state index contributed by atoms with van der Waals surface area (Å²) in [4.78, 5) is 40.0. The van der Waals surface area contributed by atoms with Gasteiger partial charge in [0.1, 0.15) is 22.8 Å². The highest BCUT2D eigenvalue weighted by atomic mass is 35.5. The van der Waals surface area contributed by atoms with Gasteiger partial charge in [-0.3, -0.25) is 24.7 Å². The molecule has 4 aliphatic rings. The van der Waals surface area contributed by atoms with Crippen LogP contribution in [-0.2, 0) is 14.8 Å². The summed E-state index contributed by atoms with van der Waals surface area (Å²) in [6.07, 6.45) is 9.10. The average molecular weight is 952 g/mol. The highest BCUT2D eigenvalue weighted by Crippen LogP contribution is 2.44. The summed E-state index contributed by atoms with van der Waals surface area (Å²) in [5.41, 5.74) is 5.38. The van der Waals surface area contributed by atoms with Gasteiger partial charge in [0.15, 0.2) is 0 Å². The molecule has 0 bridgehead atoms. The predicted molar refractivity (Wildman–Crippen MR) is 262 cm³/mol. The second-order valence-corrected chi connectivity index (χ2v) is 21.9. The van der Waals surface area contributed by atoms with Crippen molar-refractivity contribution < 1.29 is 27.6 Å². The number of nitrogens with zero attached hydrogens (tertiary/aromatic N) is 5. The van der Waals surface area contributed by atoms with E-state index in [1.807, 2.05) is 18.2 Å². The molecule has 1 amide bonds. The number of hydrogen-bond donors (Lipinski definition) is 3. The summed E-state index contributed by atoms with van der Waals surface area (Å²) < 4.78 is 42.2. The van der Waals surface area contributed by atoms with E-state index in [2.05, 4.69) is 74.5 Å². The fourth-order valence-electron chi connectivity index (χ4n) is 10.1. The van der Waals surface area contributed by atoms with E-state index >= 15 is 0 Å². The first kappa shape index (κ1) is 46.6. The Labute approximate surface area is 397 Å². The number of nitro benzene ring substituents is 1. The van der Waals surface area contributed by atoms with Crippen molar-refractivity contribution in [2.24, 2.45) is 5.41 Å². The van der Waals surface area contributed by atoms with E-state index < -0.39 is 31.4 Å². The number of nitrogens with one attached hydrogen (secondary N) is 3. The topological polar surface area (TPSA) is 175 Å². The second kappa shape index (κ2) is 18.9. The van der Waals surface area contributed by atoms with Crippen LogP contribution in [0.15, 0.2) is 95.7 Å². The molecule has 5 aromatic rings. The zero-order valence-corrected chi connectivity index (χ0v) is 40.1. The van der Waals surface area contributed by atoms with Gasteiger partial charge in [-0.15, -0.1) is 0 Å². The van der Waals surface area contributed by atoms with Gasteiger partial charge < -0.3 is 24.7 Å². The first-order valence-electron chi connectivity index (χ1n) is 23.2. The Morgan fingerprint density at radius 1 is 1.00 bits per heavy atom. The van der Waals surface area contributed by atoms with Crippen molar-refractivity contribution in [3.8, 4) is 11.5 Å². The summed E-state index contributed by atoms with van der Waals surface area (Å²) >= 11 is 6.26. The molecule has 15 nitrogen and oxygen atoms in total. The number of benzene rings is 3. The van der Waals surface area contributed by atoms with Gasteiger partial charge >= 0.3 is 0 Å². The largest absolute Gasteiger partial charge is 0.455 e. The van der Waals surface area contributed by atoms with Crippen molar-refractivity contribution in [1.29, 1.82) is 0 Å². The molecule has 2 unspecified atom stereocenters. The standard InChI is InChI=1S/C50H59ClN8O7S/c1-49(2)17-13-35(43(29-49)33-5-7-36(51)8-6-33)31-56-20-22-57(23-21-56)38-9-11-42(46(26-38)66-40-25-34-14-18-52-47(34)53-30-40)48(60)55-67(63,64)41-10-12-44(45(27-41)59(61)62)54-37-15-19-58(32-37)39-16-24-65-50(3,4)28-39/h5-12,14,18,25-27,30,37,39,54H,13,15-17,19-24,28-29,31-32H2,1-4H3,(H,52,53)(H,55,60). The first-order chi connectivity index (χ1) is 32.0. The van der Waals surface area contributed by atoms with Crippen LogP contribution in [0.25, 0.3) is 16.6 Å². The van der Waals surface area contributed by atoms with E-state index in [1.165, 1.54) is 35.0 Å². The van der Waals surface area contributed by atoms with Gasteiger partial charge in [0.05, 0.1) is 27.2 Å². The molecule has 9 rings (SSSR count). The van der Waals surface area contributed by atoms with E-state index in [-0.39, 0.29) is 34.1 Å².